The van der Waals surface area contributed by atoms with Crippen LogP contribution in [0.25, 0.3) is 0 Å². The molecule has 0 saturated carbocycles. The fourth-order valence-electron chi connectivity index (χ4n) is 0. The fraction of sp³-hybridized carbons (Fsp3) is 1.00. The first kappa shape index (κ1) is 4.92. The van der Waals surface area contributed by atoms with Gasteiger partial charge >= 0.3 is 1.43 Å². The molecule has 5 heavy (non-hydrogen) atoms. The molecule has 0 heterocycles. The maximum atomic E-state index is 8.11. The number of aliphatic hydroxyl groups is 2. The molecule has 0 fully saturated rings. The van der Waals surface area contributed by atoms with Crippen molar-refractivity contribution in [2.24, 2.45) is 0 Å². The topological polar surface area (TPSA) is 40.5 Å². The molecule has 0 radical (unpaired) electrons. The molecule has 2 heteroatoms. The lowest BCUT2D eigenvalue weighted by molar-refractivity contribution is 0.110. The minimum Gasteiger partial charge on any atom is -0.394 e. The van der Waals surface area contributed by atoms with E-state index in [0.29, 0.717) is 0 Å². The van der Waals surface area contributed by atoms with Crippen molar-refractivity contribution in [3.8, 4) is 0 Å². The summed E-state index contributed by atoms with van der Waals surface area (Å²) in [4.78, 5) is 0. The number of aliphatic hydroxyl groups excluding tert-OH is 2. The lowest BCUT2D eigenvalue weighted by Gasteiger charge is -1.90. The van der Waals surface area contributed by atoms with E-state index in [9.17, 15) is 0 Å². The number of hydrogen-bond acceptors (Lipinski definition) is 2. The van der Waals surface area contributed by atoms with Gasteiger partial charge in [0.05, 0.1) is 12.7 Å². The zero-order chi connectivity index (χ0) is 4.28. The minimum absolute atomic E-state index is 0. The standard InChI is InChI=1S/C3H8O2/c1-3(5)2-4/h3-5H,2H2,1H3/p+1. The van der Waals surface area contributed by atoms with Crippen molar-refractivity contribution >= 4 is 0 Å². The van der Waals surface area contributed by atoms with E-state index >= 15 is 0 Å². The van der Waals surface area contributed by atoms with Crippen LogP contribution in [0.3, 0.4) is 0 Å². The monoisotopic (exact) mass is 77.1 g/mol. The first-order valence-corrected chi connectivity index (χ1v) is 1.56. The molecule has 0 aliphatic heterocycles. The second kappa shape index (κ2) is 2.18. The van der Waals surface area contributed by atoms with Crippen molar-refractivity contribution < 1.29 is 11.6 Å². The van der Waals surface area contributed by atoms with Crippen molar-refractivity contribution in [1.29, 1.82) is 0 Å². The molecule has 2 N–H and O–H groups in total. The first-order valence-electron chi connectivity index (χ1n) is 1.56. The Kier molecular flexibility index (Phi) is 2.14. The summed E-state index contributed by atoms with van der Waals surface area (Å²) in [6.45, 7) is 1.39. The summed E-state index contributed by atoms with van der Waals surface area (Å²) < 4.78 is 0. The Hall–Kier alpha value is -0.0800. The molecule has 0 rings (SSSR count). The molecule has 1 atom stereocenters. The van der Waals surface area contributed by atoms with E-state index in [1.54, 1.807) is 0 Å². The Morgan fingerprint density at radius 1 is 2.00 bits per heavy atom. The SMILES string of the molecule is CC(O)CO.[H+]. The summed E-state index contributed by atoms with van der Waals surface area (Å²) in [5.74, 6) is 0. The van der Waals surface area contributed by atoms with Gasteiger partial charge in [-0.15, -0.1) is 0 Å². The Bertz CT molecular complexity index is 22.8. The molecule has 0 saturated heterocycles. The van der Waals surface area contributed by atoms with Crippen molar-refractivity contribution in [2.45, 2.75) is 13.0 Å². The Morgan fingerprint density at radius 3 is 2.20 bits per heavy atom. The molecule has 32 valence electrons. The molecule has 0 spiro atoms. The maximum Gasteiger partial charge on any atom is 1.00 e. The molecule has 0 aromatic rings. The van der Waals surface area contributed by atoms with Crippen molar-refractivity contribution in [3.05, 3.63) is 0 Å². The van der Waals surface area contributed by atoms with Gasteiger partial charge in [-0.05, 0) is 6.92 Å². The summed E-state index contributed by atoms with van der Waals surface area (Å²) in [7, 11) is 0. The van der Waals surface area contributed by atoms with Gasteiger partial charge in [0, 0.05) is 0 Å². The highest BCUT2D eigenvalue weighted by molar-refractivity contribution is 4.33. The lowest BCUT2D eigenvalue weighted by atomic mass is 10.5. The highest BCUT2D eigenvalue weighted by Crippen LogP contribution is 1.68. The third-order valence-electron chi connectivity index (χ3n) is 0.264. The predicted molar refractivity (Wildman–Crippen MR) is 19.9 cm³/mol. The highest BCUT2D eigenvalue weighted by Gasteiger charge is 1.83. The average molecular weight is 77.1 g/mol. The third kappa shape index (κ3) is 3.92. The second-order valence-corrected chi connectivity index (χ2v) is 1.03. The van der Waals surface area contributed by atoms with Crippen LogP contribution in [0.1, 0.15) is 8.35 Å². The largest absolute Gasteiger partial charge is 1.00 e. The molecular weight excluding hydrogens is 68.0 g/mol. The first-order chi connectivity index (χ1) is 2.27. The van der Waals surface area contributed by atoms with Crippen LogP contribution in [-0.4, -0.2) is 22.9 Å². The van der Waals surface area contributed by atoms with Crippen LogP contribution in [0.2, 0.25) is 0 Å². The van der Waals surface area contributed by atoms with Crippen LogP contribution in [0.5, 0.6) is 0 Å². The predicted octanol–water partition coefficient (Wildman–Crippen LogP) is -0.528. The van der Waals surface area contributed by atoms with Gasteiger partial charge in [0.25, 0.3) is 0 Å². The van der Waals surface area contributed by atoms with E-state index in [2.05, 4.69) is 0 Å². The summed E-state index contributed by atoms with van der Waals surface area (Å²) in [5, 5.41) is 16.0. The summed E-state index contributed by atoms with van der Waals surface area (Å²) in [6, 6.07) is 0. The van der Waals surface area contributed by atoms with Gasteiger partial charge in [-0.3, -0.25) is 0 Å². The number of rotatable bonds is 1. The highest BCUT2D eigenvalue weighted by atomic mass is 16.3. The van der Waals surface area contributed by atoms with E-state index in [1.165, 1.54) is 6.92 Å². The van der Waals surface area contributed by atoms with Crippen LogP contribution in [0, 0.1) is 0 Å². The van der Waals surface area contributed by atoms with Gasteiger partial charge < -0.3 is 10.2 Å². The van der Waals surface area contributed by atoms with Gasteiger partial charge in [-0.1, -0.05) is 0 Å². The maximum absolute atomic E-state index is 8.11. The summed E-state index contributed by atoms with van der Waals surface area (Å²) >= 11 is 0. The van der Waals surface area contributed by atoms with E-state index in [0.717, 1.165) is 0 Å². The molecule has 0 amide bonds. The van der Waals surface area contributed by atoms with Crippen LogP contribution in [-0.2, 0) is 0 Å². The normalized spacial score (nSPS) is 15.0. The van der Waals surface area contributed by atoms with E-state index in [1.807, 2.05) is 0 Å². The Balaban J connectivity index is 0. The van der Waals surface area contributed by atoms with Gasteiger partial charge in [0.2, 0.25) is 0 Å². The van der Waals surface area contributed by atoms with Gasteiger partial charge in [-0.25, -0.2) is 0 Å². The van der Waals surface area contributed by atoms with Crippen molar-refractivity contribution in [3.63, 3.8) is 0 Å². The number of hydrogen-bond donors (Lipinski definition) is 2. The molecular formula is C3H9O2+. The zero-order valence-corrected chi connectivity index (χ0v) is 3.18. The molecule has 0 bridgehead atoms. The molecule has 0 aliphatic rings. The second-order valence-electron chi connectivity index (χ2n) is 1.03. The van der Waals surface area contributed by atoms with Crippen molar-refractivity contribution in [2.75, 3.05) is 6.61 Å². The average Bonchev–Trinajstić information content (AvgIpc) is 1.38. The van der Waals surface area contributed by atoms with Gasteiger partial charge in [-0.2, -0.15) is 0 Å². The third-order valence-corrected chi connectivity index (χ3v) is 0.264. The fourth-order valence-corrected chi connectivity index (χ4v) is 0. The van der Waals surface area contributed by atoms with E-state index < -0.39 is 6.10 Å². The Morgan fingerprint density at radius 2 is 2.20 bits per heavy atom. The minimum atomic E-state index is -0.560. The molecule has 0 aliphatic carbocycles. The van der Waals surface area contributed by atoms with Crippen LogP contribution in [0.15, 0.2) is 0 Å². The lowest BCUT2D eigenvalue weighted by Crippen LogP contribution is -2.03. The quantitative estimate of drug-likeness (QED) is 0.442. The van der Waals surface area contributed by atoms with Gasteiger partial charge in [0.1, 0.15) is 0 Å². The molecule has 0 aromatic carbocycles. The van der Waals surface area contributed by atoms with Crippen LogP contribution < -0.4 is 0 Å². The molecule has 1 unspecified atom stereocenters. The van der Waals surface area contributed by atoms with E-state index in [-0.39, 0.29) is 8.03 Å². The molecule has 0 aromatic heterocycles. The summed E-state index contributed by atoms with van der Waals surface area (Å²) in [5.41, 5.74) is 0. The van der Waals surface area contributed by atoms with Gasteiger partial charge in [0.15, 0.2) is 0 Å². The van der Waals surface area contributed by atoms with Crippen molar-refractivity contribution in [1.82, 2.24) is 0 Å². The van der Waals surface area contributed by atoms with Crippen LogP contribution >= 0.6 is 0 Å². The summed E-state index contributed by atoms with van der Waals surface area (Å²) in [6.07, 6.45) is -0.560. The van der Waals surface area contributed by atoms with E-state index in [4.69, 9.17) is 10.2 Å². The smallest absolute Gasteiger partial charge is 0.394 e. The molecule has 2 nitrogen and oxygen atoms in total. The zero-order valence-electron chi connectivity index (χ0n) is 4.18. The van der Waals surface area contributed by atoms with Crippen LogP contribution in [0.4, 0.5) is 0 Å². The Labute approximate surface area is 32.5 Å².